The van der Waals surface area contributed by atoms with E-state index in [4.69, 9.17) is 11.6 Å². The zero-order chi connectivity index (χ0) is 20.0. The first-order valence-electron chi connectivity index (χ1n) is 10.0. The number of fused-ring (bicyclic) bond motifs is 2. The quantitative estimate of drug-likeness (QED) is 0.806. The molecule has 2 aromatic rings. The molecule has 2 bridgehead atoms. The van der Waals surface area contributed by atoms with Crippen LogP contribution in [-0.4, -0.2) is 22.1 Å². The molecule has 4 atom stereocenters. The van der Waals surface area contributed by atoms with E-state index in [2.05, 4.69) is 22.4 Å². The Hall–Kier alpha value is -2.14. The van der Waals surface area contributed by atoms with Crippen LogP contribution in [0.2, 0.25) is 5.02 Å². The summed E-state index contributed by atoms with van der Waals surface area (Å²) in [4.78, 5) is 25.0. The van der Waals surface area contributed by atoms with Crippen LogP contribution in [0.4, 0.5) is 0 Å². The first-order valence-corrected chi connectivity index (χ1v) is 10.4. The van der Waals surface area contributed by atoms with Gasteiger partial charge in [-0.05, 0) is 75.5 Å². The summed E-state index contributed by atoms with van der Waals surface area (Å²) in [7, 11) is 0. The van der Waals surface area contributed by atoms with Gasteiger partial charge in [-0.2, -0.15) is 5.10 Å². The average Bonchev–Trinajstić information content (AvgIpc) is 3.29. The van der Waals surface area contributed by atoms with Crippen LogP contribution >= 0.6 is 11.6 Å². The number of hydrogen-bond donors (Lipinski definition) is 2. The van der Waals surface area contributed by atoms with Crippen LogP contribution in [0.1, 0.15) is 54.2 Å². The van der Waals surface area contributed by atoms with Crippen molar-refractivity contribution in [3.05, 3.63) is 50.4 Å². The Balaban J connectivity index is 1.60. The molecular weight excluding hydrogens is 374 g/mol. The van der Waals surface area contributed by atoms with Gasteiger partial charge in [-0.1, -0.05) is 24.1 Å². The number of halogens is 1. The molecule has 4 rings (SSSR count). The van der Waals surface area contributed by atoms with Crippen LogP contribution in [0.3, 0.4) is 0 Å². The fraction of sp³-hybridized carbons (Fsp3) is 0.500. The third-order valence-electron chi connectivity index (χ3n) is 6.70. The van der Waals surface area contributed by atoms with E-state index >= 15 is 0 Å². The van der Waals surface area contributed by atoms with Crippen molar-refractivity contribution in [2.24, 2.45) is 17.8 Å². The second-order valence-corrected chi connectivity index (χ2v) is 8.84. The number of aromatic amines is 1. The summed E-state index contributed by atoms with van der Waals surface area (Å²) in [6.45, 7) is 5.70. The molecule has 6 heteroatoms. The van der Waals surface area contributed by atoms with Crippen LogP contribution in [0, 0.1) is 31.6 Å². The van der Waals surface area contributed by atoms with Crippen LogP contribution in [0.25, 0.3) is 11.1 Å². The van der Waals surface area contributed by atoms with Gasteiger partial charge >= 0.3 is 0 Å². The predicted molar refractivity (Wildman–Crippen MR) is 111 cm³/mol. The minimum Gasteiger partial charge on any atom is -0.349 e. The predicted octanol–water partition coefficient (Wildman–Crippen LogP) is 4.26. The molecule has 0 radical (unpaired) electrons. The maximum Gasteiger partial charge on any atom is 0.267 e. The standard InChI is InChI=1S/C22H26ClN3O2/c1-11-20(13(3)25-26-21(11)27)16-6-7-19(23)18(10-16)22(28)24-12(2)17-9-14-4-5-15(17)8-14/h6-7,10,12,14-15,17H,4-5,8-9H2,1-3H3,(H,24,28)(H,26,27)/t12-,14-,15-,17+/m0/s1. The highest BCUT2D eigenvalue weighted by Gasteiger charge is 2.42. The maximum atomic E-state index is 13.0. The Morgan fingerprint density at radius 2 is 2.07 bits per heavy atom. The molecule has 0 saturated heterocycles. The minimum absolute atomic E-state index is 0.132. The highest BCUT2D eigenvalue weighted by atomic mass is 35.5. The van der Waals surface area contributed by atoms with E-state index in [9.17, 15) is 9.59 Å². The molecule has 2 fully saturated rings. The molecule has 1 aromatic carbocycles. The molecule has 2 aliphatic carbocycles. The van der Waals surface area contributed by atoms with Crippen molar-refractivity contribution < 1.29 is 4.79 Å². The normalized spacial score (nSPS) is 24.4. The molecule has 5 nitrogen and oxygen atoms in total. The van der Waals surface area contributed by atoms with E-state index in [1.807, 2.05) is 13.0 Å². The molecule has 2 saturated carbocycles. The summed E-state index contributed by atoms with van der Waals surface area (Å²) in [6, 6.07) is 5.44. The van der Waals surface area contributed by atoms with Gasteiger partial charge in [-0.3, -0.25) is 9.59 Å². The van der Waals surface area contributed by atoms with E-state index in [1.165, 1.54) is 25.7 Å². The highest BCUT2D eigenvalue weighted by Crippen LogP contribution is 2.49. The molecule has 0 aliphatic heterocycles. The molecule has 2 aliphatic rings. The lowest BCUT2D eigenvalue weighted by Gasteiger charge is -2.28. The van der Waals surface area contributed by atoms with Crippen molar-refractivity contribution in [3.8, 4) is 11.1 Å². The number of hydrogen-bond acceptors (Lipinski definition) is 3. The van der Waals surface area contributed by atoms with Gasteiger partial charge in [-0.25, -0.2) is 5.10 Å². The van der Waals surface area contributed by atoms with E-state index < -0.39 is 0 Å². The number of aryl methyl sites for hydroxylation is 1. The van der Waals surface area contributed by atoms with Gasteiger partial charge in [0.15, 0.2) is 0 Å². The van der Waals surface area contributed by atoms with Crippen LogP contribution in [-0.2, 0) is 0 Å². The van der Waals surface area contributed by atoms with Crippen molar-refractivity contribution in [1.29, 1.82) is 0 Å². The minimum atomic E-state index is -0.230. The molecule has 1 heterocycles. The third-order valence-corrected chi connectivity index (χ3v) is 7.03. The summed E-state index contributed by atoms with van der Waals surface area (Å²) in [5, 5.41) is 10.1. The number of benzene rings is 1. The average molecular weight is 400 g/mol. The Kier molecular flexibility index (Phi) is 5.04. The lowest BCUT2D eigenvalue weighted by atomic mass is 9.84. The van der Waals surface area contributed by atoms with Crippen molar-refractivity contribution in [3.63, 3.8) is 0 Å². The number of H-pyrrole nitrogens is 1. The fourth-order valence-corrected chi connectivity index (χ4v) is 5.44. The molecule has 148 valence electrons. The molecule has 1 amide bonds. The lowest BCUT2D eigenvalue weighted by Crippen LogP contribution is -2.40. The van der Waals surface area contributed by atoms with Crippen molar-refractivity contribution >= 4 is 17.5 Å². The summed E-state index contributed by atoms with van der Waals surface area (Å²) in [6.07, 6.45) is 5.17. The van der Waals surface area contributed by atoms with Gasteiger partial charge in [0.25, 0.3) is 11.5 Å². The largest absolute Gasteiger partial charge is 0.349 e. The Bertz CT molecular complexity index is 984. The van der Waals surface area contributed by atoms with Gasteiger partial charge in [0.05, 0.1) is 16.3 Å². The van der Waals surface area contributed by atoms with Crippen molar-refractivity contribution in [1.82, 2.24) is 15.5 Å². The van der Waals surface area contributed by atoms with E-state index in [0.29, 0.717) is 27.8 Å². The lowest BCUT2D eigenvalue weighted by molar-refractivity contribution is 0.0915. The van der Waals surface area contributed by atoms with Crippen LogP contribution in [0.15, 0.2) is 23.0 Å². The molecular formula is C22H26ClN3O2. The number of carbonyl (C=O) groups is 1. The number of nitrogens with zero attached hydrogens (tertiary/aromatic N) is 1. The Morgan fingerprint density at radius 1 is 1.29 bits per heavy atom. The maximum absolute atomic E-state index is 13.0. The number of nitrogens with one attached hydrogen (secondary N) is 2. The van der Waals surface area contributed by atoms with E-state index in [1.54, 1.807) is 19.1 Å². The molecule has 0 spiro atoms. The Morgan fingerprint density at radius 3 is 2.75 bits per heavy atom. The van der Waals surface area contributed by atoms with Crippen LogP contribution < -0.4 is 10.9 Å². The second kappa shape index (κ2) is 7.36. The number of carbonyl (C=O) groups excluding carboxylic acids is 1. The van der Waals surface area contributed by atoms with Gasteiger partial charge in [-0.15, -0.1) is 0 Å². The molecule has 1 aromatic heterocycles. The SMILES string of the molecule is Cc1n[nH]c(=O)c(C)c1-c1ccc(Cl)c(C(=O)N[C@@H](C)[C@H]2C[C@H]3CC[C@H]2C3)c1. The van der Waals surface area contributed by atoms with Gasteiger partial charge < -0.3 is 5.32 Å². The zero-order valence-electron chi connectivity index (χ0n) is 16.5. The highest BCUT2D eigenvalue weighted by molar-refractivity contribution is 6.34. The number of aromatic nitrogens is 2. The first-order chi connectivity index (χ1) is 13.3. The number of amides is 1. The van der Waals surface area contributed by atoms with Gasteiger partial charge in [0, 0.05) is 17.2 Å². The topological polar surface area (TPSA) is 74.8 Å². The van der Waals surface area contributed by atoms with Crippen LogP contribution in [0.5, 0.6) is 0 Å². The molecule has 2 N–H and O–H groups in total. The molecule has 28 heavy (non-hydrogen) atoms. The van der Waals surface area contributed by atoms with E-state index in [0.717, 1.165) is 23.0 Å². The van der Waals surface area contributed by atoms with Crippen molar-refractivity contribution in [2.75, 3.05) is 0 Å². The van der Waals surface area contributed by atoms with Gasteiger partial charge in [0.1, 0.15) is 0 Å². The summed E-state index contributed by atoms with van der Waals surface area (Å²) in [5.41, 5.74) is 3.02. The smallest absolute Gasteiger partial charge is 0.267 e. The Labute approximate surface area is 169 Å². The zero-order valence-corrected chi connectivity index (χ0v) is 17.3. The first kappa shape index (κ1) is 19.2. The molecule has 0 unspecified atom stereocenters. The third kappa shape index (κ3) is 3.37. The summed E-state index contributed by atoms with van der Waals surface area (Å²) < 4.78 is 0. The summed E-state index contributed by atoms with van der Waals surface area (Å²) >= 11 is 6.35. The monoisotopic (exact) mass is 399 g/mol. The number of rotatable bonds is 4. The van der Waals surface area contributed by atoms with E-state index in [-0.39, 0.29) is 17.5 Å². The fourth-order valence-electron chi connectivity index (χ4n) is 5.24. The second-order valence-electron chi connectivity index (χ2n) is 8.43. The summed E-state index contributed by atoms with van der Waals surface area (Å²) in [5.74, 6) is 1.99. The van der Waals surface area contributed by atoms with Gasteiger partial charge in [0.2, 0.25) is 0 Å². The van der Waals surface area contributed by atoms with Crippen molar-refractivity contribution in [2.45, 2.75) is 52.5 Å².